The van der Waals surface area contributed by atoms with Crippen LogP contribution in [-0.4, -0.2) is 60.4 Å². The highest BCUT2D eigenvalue weighted by Crippen LogP contribution is 2.47. The SMILES string of the molecule is CC1(C)CCC(C)(C)c2cc(-c3csc(N4CCN(CC(O)C(C)(C)CCN)CC4)n3)ccc21. The summed E-state index contributed by atoms with van der Waals surface area (Å²) >= 11 is 1.75. The molecule has 1 aromatic heterocycles. The van der Waals surface area contributed by atoms with Gasteiger partial charge in [0.15, 0.2) is 5.13 Å². The number of rotatable bonds is 7. The number of hydrogen-bond acceptors (Lipinski definition) is 6. The lowest BCUT2D eigenvalue weighted by Crippen LogP contribution is -2.50. The lowest BCUT2D eigenvalue weighted by Gasteiger charge is -2.42. The Hall–Kier alpha value is -1.47. The van der Waals surface area contributed by atoms with E-state index in [-0.39, 0.29) is 22.3 Å². The normalized spacial score (nSPS) is 21.4. The van der Waals surface area contributed by atoms with E-state index < -0.39 is 0 Å². The molecule has 0 saturated carbocycles. The third-order valence-electron chi connectivity index (χ3n) is 8.41. The summed E-state index contributed by atoms with van der Waals surface area (Å²) in [5.41, 5.74) is 11.3. The predicted molar refractivity (Wildman–Crippen MR) is 145 cm³/mol. The van der Waals surface area contributed by atoms with Gasteiger partial charge in [0.05, 0.1) is 11.8 Å². The molecule has 1 aromatic carbocycles. The van der Waals surface area contributed by atoms with E-state index in [1.54, 1.807) is 11.3 Å². The van der Waals surface area contributed by atoms with Gasteiger partial charge in [-0.25, -0.2) is 4.98 Å². The molecule has 1 atom stereocenters. The number of fused-ring (bicyclic) bond motifs is 1. The monoisotopic (exact) mass is 484 g/mol. The lowest BCUT2D eigenvalue weighted by atomic mass is 9.63. The first-order valence-electron chi connectivity index (χ1n) is 12.9. The molecule has 1 fully saturated rings. The second-order valence-corrected chi connectivity index (χ2v) is 13.2. The fourth-order valence-electron chi connectivity index (χ4n) is 5.44. The molecule has 2 aliphatic rings. The van der Waals surface area contributed by atoms with Crippen LogP contribution in [0.5, 0.6) is 0 Å². The first-order chi connectivity index (χ1) is 15.9. The summed E-state index contributed by atoms with van der Waals surface area (Å²) in [5, 5.41) is 14.0. The van der Waals surface area contributed by atoms with Gasteiger partial charge in [0.1, 0.15) is 0 Å². The van der Waals surface area contributed by atoms with Crippen LogP contribution >= 0.6 is 11.3 Å². The van der Waals surface area contributed by atoms with E-state index in [0.717, 1.165) is 43.4 Å². The summed E-state index contributed by atoms with van der Waals surface area (Å²) < 4.78 is 0. The molecule has 1 aliphatic carbocycles. The summed E-state index contributed by atoms with van der Waals surface area (Å²) in [6.07, 6.45) is 2.95. The molecule has 2 heterocycles. The number of aliphatic hydroxyl groups is 1. The molecule has 4 rings (SSSR count). The average molecular weight is 485 g/mol. The number of β-amino-alcohol motifs (C(OH)–C–C–N with tert-alkyl or cyclic N) is 1. The lowest BCUT2D eigenvalue weighted by molar-refractivity contribution is 0.0136. The molecule has 1 aliphatic heterocycles. The molecule has 188 valence electrons. The Labute approximate surface area is 210 Å². The highest BCUT2D eigenvalue weighted by Gasteiger charge is 2.37. The Morgan fingerprint density at radius 3 is 2.35 bits per heavy atom. The first kappa shape index (κ1) is 25.6. The van der Waals surface area contributed by atoms with Gasteiger partial charge in [-0.3, -0.25) is 4.90 Å². The van der Waals surface area contributed by atoms with Crippen molar-refractivity contribution in [1.29, 1.82) is 0 Å². The van der Waals surface area contributed by atoms with Crippen LogP contribution in [0.25, 0.3) is 11.3 Å². The van der Waals surface area contributed by atoms with Crippen LogP contribution in [0, 0.1) is 5.41 Å². The second-order valence-electron chi connectivity index (χ2n) is 12.4. The zero-order valence-corrected chi connectivity index (χ0v) is 22.8. The second kappa shape index (κ2) is 9.53. The zero-order chi connectivity index (χ0) is 24.7. The number of nitrogens with zero attached hydrogens (tertiary/aromatic N) is 3. The van der Waals surface area contributed by atoms with Gasteiger partial charge < -0.3 is 15.7 Å². The van der Waals surface area contributed by atoms with E-state index in [1.807, 2.05) is 0 Å². The number of thiazole rings is 1. The molecule has 0 bridgehead atoms. The number of nitrogens with two attached hydrogens (primary N) is 1. The highest BCUT2D eigenvalue weighted by molar-refractivity contribution is 7.14. The summed E-state index contributed by atoms with van der Waals surface area (Å²) in [7, 11) is 0. The number of aromatic nitrogens is 1. The summed E-state index contributed by atoms with van der Waals surface area (Å²) in [6.45, 7) is 18.9. The quantitative estimate of drug-likeness (QED) is 0.578. The van der Waals surface area contributed by atoms with Gasteiger partial charge in [-0.15, -0.1) is 11.3 Å². The molecule has 0 radical (unpaired) electrons. The molecule has 1 unspecified atom stereocenters. The van der Waals surface area contributed by atoms with E-state index in [4.69, 9.17) is 10.7 Å². The van der Waals surface area contributed by atoms with Crippen molar-refractivity contribution in [3.8, 4) is 11.3 Å². The zero-order valence-electron chi connectivity index (χ0n) is 22.0. The van der Waals surface area contributed by atoms with Crippen LogP contribution in [-0.2, 0) is 10.8 Å². The summed E-state index contributed by atoms with van der Waals surface area (Å²) in [4.78, 5) is 9.82. The van der Waals surface area contributed by atoms with Crippen LogP contribution in [0.2, 0.25) is 0 Å². The van der Waals surface area contributed by atoms with Crippen molar-refractivity contribution >= 4 is 16.5 Å². The van der Waals surface area contributed by atoms with Gasteiger partial charge in [0.2, 0.25) is 0 Å². The highest BCUT2D eigenvalue weighted by atomic mass is 32.1. The minimum atomic E-state index is -0.354. The van der Waals surface area contributed by atoms with Crippen molar-refractivity contribution in [2.75, 3.05) is 44.2 Å². The third-order valence-corrected chi connectivity index (χ3v) is 9.31. The number of piperazine rings is 1. The standard InChI is InChI=1S/C28H44N4OS/c1-26(2)9-10-27(3,4)22-17-20(7-8-21(22)26)23-19-34-25(30-23)32-15-13-31(14-16-32)18-24(33)28(5,6)11-12-29/h7-8,17,19,24,33H,9-16,18,29H2,1-6H3. The van der Waals surface area contributed by atoms with E-state index in [2.05, 4.69) is 74.9 Å². The van der Waals surface area contributed by atoms with Gasteiger partial charge in [0, 0.05) is 43.7 Å². The Bertz CT molecular complexity index is 988. The van der Waals surface area contributed by atoms with Crippen LogP contribution < -0.4 is 10.6 Å². The molecule has 3 N–H and O–H groups in total. The van der Waals surface area contributed by atoms with Crippen molar-refractivity contribution in [2.45, 2.75) is 77.7 Å². The van der Waals surface area contributed by atoms with Crippen LogP contribution in [0.15, 0.2) is 23.6 Å². The smallest absolute Gasteiger partial charge is 0.185 e. The maximum atomic E-state index is 10.7. The fourth-order valence-corrected chi connectivity index (χ4v) is 6.33. The molecule has 34 heavy (non-hydrogen) atoms. The number of aliphatic hydroxyl groups excluding tert-OH is 1. The van der Waals surface area contributed by atoms with Gasteiger partial charge in [-0.1, -0.05) is 53.7 Å². The molecular weight excluding hydrogens is 440 g/mol. The molecule has 0 amide bonds. The van der Waals surface area contributed by atoms with Gasteiger partial charge in [-0.05, 0) is 59.2 Å². The molecule has 5 nitrogen and oxygen atoms in total. The van der Waals surface area contributed by atoms with Crippen LogP contribution in [0.3, 0.4) is 0 Å². The molecule has 0 spiro atoms. The van der Waals surface area contributed by atoms with E-state index in [0.29, 0.717) is 13.1 Å². The Balaban J connectivity index is 1.42. The van der Waals surface area contributed by atoms with Gasteiger partial charge in [0.25, 0.3) is 0 Å². The van der Waals surface area contributed by atoms with Crippen LogP contribution in [0.4, 0.5) is 5.13 Å². The Morgan fingerprint density at radius 2 is 1.71 bits per heavy atom. The van der Waals surface area contributed by atoms with Crippen molar-refractivity contribution < 1.29 is 5.11 Å². The van der Waals surface area contributed by atoms with E-state index in [1.165, 1.54) is 29.5 Å². The van der Waals surface area contributed by atoms with Crippen molar-refractivity contribution in [1.82, 2.24) is 9.88 Å². The minimum absolute atomic E-state index is 0.144. The minimum Gasteiger partial charge on any atom is -0.391 e. The maximum Gasteiger partial charge on any atom is 0.185 e. The predicted octanol–water partition coefficient (Wildman–Crippen LogP) is 5.02. The van der Waals surface area contributed by atoms with Gasteiger partial charge >= 0.3 is 0 Å². The van der Waals surface area contributed by atoms with Crippen molar-refractivity contribution in [3.05, 3.63) is 34.7 Å². The topological polar surface area (TPSA) is 65.6 Å². The average Bonchev–Trinajstić information content (AvgIpc) is 3.27. The van der Waals surface area contributed by atoms with Crippen LogP contribution in [0.1, 0.15) is 71.9 Å². The van der Waals surface area contributed by atoms with Crippen molar-refractivity contribution in [3.63, 3.8) is 0 Å². The largest absolute Gasteiger partial charge is 0.391 e. The number of benzene rings is 1. The maximum absolute atomic E-state index is 10.7. The van der Waals surface area contributed by atoms with Gasteiger partial charge in [-0.2, -0.15) is 0 Å². The molecular formula is C28H44N4OS. The summed E-state index contributed by atoms with van der Waals surface area (Å²) in [6, 6.07) is 7.02. The molecule has 2 aromatic rings. The van der Waals surface area contributed by atoms with E-state index >= 15 is 0 Å². The number of hydrogen-bond donors (Lipinski definition) is 2. The first-order valence-corrected chi connectivity index (χ1v) is 13.8. The van der Waals surface area contributed by atoms with E-state index in [9.17, 15) is 5.11 Å². The Morgan fingerprint density at radius 1 is 1.06 bits per heavy atom. The van der Waals surface area contributed by atoms with Crippen molar-refractivity contribution in [2.24, 2.45) is 11.1 Å². The fraction of sp³-hybridized carbons (Fsp3) is 0.679. The number of anilines is 1. The Kier molecular flexibility index (Phi) is 7.18. The third kappa shape index (κ3) is 5.20. The molecule has 6 heteroatoms. The molecule has 1 saturated heterocycles. The summed E-state index contributed by atoms with van der Waals surface area (Å²) in [5.74, 6) is 0.